The van der Waals surface area contributed by atoms with Crippen LogP contribution in [0.25, 0.3) is 0 Å². The van der Waals surface area contributed by atoms with Crippen LogP contribution in [0.4, 0.5) is 0 Å². The summed E-state index contributed by atoms with van der Waals surface area (Å²) in [4.78, 5) is 55.8. The minimum atomic E-state index is -1.20. The smallest absolute Gasteiger partial charge is 0.326 e. The van der Waals surface area contributed by atoms with Crippen molar-refractivity contribution in [1.82, 2.24) is 16.0 Å². The molecule has 0 spiro atoms. The van der Waals surface area contributed by atoms with E-state index in [1.165, 1.54) is 13.8 Å². The molecule has 0 heterocycles. The van der Waals surface area contributed by atoms with Crippen molar-refractivity contribution >= 4 is 29.5 Å². The molecule has 0 aromatic heterocycles. The van der Waals surface area contributed by atoms with E-state index in [1.54, 1.807) is 0 Å². The first-order valence-corrected chi connectivity index (χ1v) is 10.6. The maximum atomic E-state index is 11.7. The molecule has 0 aliphatic heterocycles. The SMILES string of the molecule is CC(=O)COCCOCCNC(=O)COCCOCCNC(=O)CCC(NC(C)=O)C(=O)O. The molecule has 0 aromatic carbocycles. The second kappa shape index (κ2) is 20.0. The maximum Gasteiger partial charge on any atom is 0.326 e. The molecule has 4 N–H and O–H groups in total. The summed E-state index contributed by atoms with van der Waals surface area (Å²) in [6, 6.07) is -1.11. The average Bonchev–Trinajstić information content (AvgIpc) is 2.74. The number of aliphatic carboxylic acids is 1. The van der Waals surface area contributed by atoms with Crippen LogP contribution in [0.15, 0.2) is 0 Å². The molecule has 0 bridgehead atoms. The van der Waals surface area contributed by atoms with Crippen molar-refractivity contribution in [3.63, 3.8) is 0 Å². The third kappa shape index (κ3) is 21.0. The molecule has 0 saturated heterocycles. The van der Waals surface area contributed by atoms with Crippen molar-refractivity contribution in [3.8, 4) is 0 Å². The molecule has 1 atom stereocenters. The fourth-order valence-electron chi connectivity index (χ4n) is 2.26. The van der Waals surface area contributed by atoms with Crippen LogP contribution in [0.2, 0.25) is 0 Å². The minimum Gasteiger partial charge on any atom is -0.480 e. The van der Waals surface area contributed by atoms with Crippen LogP contribution < -0.4 is 16.0 Å². The summed E-state index contributed by atoms with van der Waals surface area (Å²) in [6.45, 7) is 4.74. The first-order chi connectivity index (χ1) is 15.7. The number of carboxylic acid groups (broad SMARTS) is 1. The third-order valence-corrected chi connectivity index (χ3v) is 3.76. The van der Waals surface area contributed by atoms with Gasteiger partial charge in [-0.2, -0.15) is 0 Å². The molecule has 33 heavy (non-hydrogen) atoms. The lowest BCUT2D eigenvalue weighted by Gasteiger charge is -2.13. The molecule has 13 heteroatoms. The highest BCUT2D eigenvalue weighted by Gasteiger charge is 2.19. The molecule has 0 rings (SSSR count). The summed E-state index contributed by atoms with van der Waals surface area (Å²) < 4.78 is 20.7. The van der Waals surface area contributed by atoms with E-state index in [2.05, 4.69) is 16.0 Å². The summed E-state index contributed by atoms with van der Waals surface area (Å²) >= 11 is 0. The van der Waals surface area contributed by atoms with E-state index in [1.807, 2.05) is 0 Å². The predicted octanol–water partition coefficient (Wildman–Crippen LogP) is -1.76. The molecule has 190 valence electrons. The Morgan fingerprint density at radius 3 is 1.76 bits per heavy atom. The van der Waals surface area contributed by atoms with Crippen molar-refractivity contribution < 1.29 is 48.0 Å². The zero-order chi connectivity index (χ0) is 24.9. The second-order valence-electron chi connectivity index (χ2n) is 6.86. The summed E-state index contributed by atoms with van der Waals surface area (Å²) in [7, 11) is 0. The van der Waals surface area contributed by atoms with Gasteiger partial charge in [0.1, 0.15) is 19.3 Å². The number of ether oxygens (including phenoxy) is 4. The first kappa shape index (κ1) is 30.4. The van der Waals surface area contributed by atoms with Crippen LogP contribution in [0, 0.1) is 0 Å². The number of rotatable bonds is 21. The number of hydrogen-bond acceptors (Lipinski definition) is 9. The predicted molar refractivity (Wildman–Crippen MR) is 114 cm³/mol. The lowest BCUT2D eigenvalue weighted by Crippen LogP contribution is -2.40. The Labute approximate surface area is 192 Å². The van der Waals surface area contributed by atoms with Gasteiger partial charge in [-0.25, -0.2) is 4.79 Å². The largest absolute Gasteiger partial charge is 0.480 e. The van der Waals surface area contributed by atoms with Crippen molar-refractivity contribution in [1.29, 1.82) is 0 Å². The molecule has 13 nitrogen and oxygen atoms in total. The molecule has 3 amide bonds. The number of carbonyl (C=O) groups excluding carboxylic acids is 4. The van der Waals surface area contributed by atoms with Crippen molar-refractivity contribution in [2.75, 3.05) is 65.9 Å². The normalized spacial score (nSPS) is 11.5. The van der Waals surface area contributed by atoms with Gasteiger partial charge in [0.05, 0.1) is 39.6 Å². The van der Waals surface area contributed by atoms with Gasteiger partial charge >= 0.3 is 5.97 Å². The quantitative estimate of drug-likeness (QED) is 0.138. The maximum absolute atomic E-state index is 11.7. The third-order valence-electron chi connectivity index (χ3n) is 3.76. The molecule has 1 unspecified atom stereocenters. The van der Waals surface area contributed by atoms with E-state index in [9.17, 15) is 24.0 Å². The second-order valence-corrected chi connectivity index (χ2v) is 6.86. The van der Waals surface area contributed by atoms with Crippen LogP contribution in [-0.2, 0) is 42.9 Å². The zero-order valence-corrected chi connectivity index (χ0v) is 19.2. The average molecular weight is 478 g/mol. The van der Waals surface area contributed by atoms with Crippen LogP contribution in [-0.4, -0.2) is 107 Å². The number of Topliss-reactive ketones (excluding diaryl/α,β-unsaturated/α-hetero) is 1. The first-order valence-electron chi connectivity index (χ1n) is 10.6. The molecular weight excluding hydrogens is 442 g/mol. The van der Waals surface area contributed by atoms with Gasteiger partial charge in [-0.15, -0.1) is 0 Å². The Morgan fingerprint density at radius 1 is 0.727 bits per heavy atom. The van der Waals surface area contributed by atoms with Gasteiger partial charge in [0.15, 0.2) is 5.78 Å². The highest BCUT2D eigenvalue weighted by molar-refractivity contribution is 5.83. The van der Waals surface area contributed by atoms with E-state index in [0.29, 0.717) is 26.4 Å². The van der Waals surface area contributed by atoms with Gasteiger partial charge in [0, 0.05) is 26.4 Å². The topological polar surface area (TPSA) is 179 Å². The van der Waals surface area contributed by atoms with E-state index < -0.39 is 17.9 Å². The molecule has 0 saturated carbocycles. The highest BCUT2D eigenvalue weighted by Crippen LogP contribution is 1.98. The Morgan fingerprint density at radius 2 is 1.24 bits per heavy atom. The number of nitrogens with one attached hydrogen (secondary N) is 3. The van der Waals surface area contributed by atoms with Gasteiger partial charge in [-0.3, -0.25) is 19.2 Å². The summed E-state index contributed by atoms with van der Waals surface area (Å²) in [5, 5.41) is 16.4. The molecule has 0 aromatic rings. The number of amides is 3. The number of carboxylic acids is 1. The standard InChI is InChI=1S/C20H35N3O10/c1-15(24)13-32-11-9-31-8-6-22-19(27)14-33-12-10-30-7-5-21-18(26)4-3-17(20(28)29)23-16(2)25/h17H,3-14H2,1-2H3,(H,21,26)(H,22,27)(H,23,25)(H,28,29). The van der Waals surface area contributed by atoms with Gasteiger partial charge in [0.2, 0.25) is 17.7 Å². The highest BCUT2D eigenvalue weighted by atomic mass is 16.5. The van der Waals surface area contributed by atoms with Crippen molar-refractivity contribution in [2.24, 2.45) is 0 Å². The Bertz CT molecular complexity index is 615. The van der Waals surface area contributed by atoms with Gasteiger partial charge < -0.3 is 40.0 Å². The number of carbonyl (C=O) groups is 5. The molecule has 0 fully saturated rings. The monoisotopic (exact) mass is 477 g/mol. The van der Waals surface area contributed by atoms with E-state index >= 15 is 0 Å². The van der Waals surface area contributed by atoms with Crippen molar-refractivity contribution in [2.45, 2.75) is 32.7 Å². The van der Waals surface area contributed by atoms with E-state index in [0.717, 1.165) is 0 Å². The van der Waals surface area contributed by atoms with E-state index in [-0.39, 0.29) is 70.0 Å². The Balaban J connectivity index is 3.51. The molecule has 0 aliphatic carbocycles. The van der Waals surface area contributed by atoms with Crippen LogP contribution in [0.3, 0.4) is 0 Å². The number of ketones is 1. The molecule has 0 radical (unpaired) electrons. The summed E-state index contributed by atoms with van der Waals surface area (Å²) in [5.41, 5.74) is 0. The summed E-state index contributed by atoms with van der Waals surface area (Å²) in [6.07, 6.45) is -0.0622. The Hall–Kier alpha value is -2.61. The molecular formula is C20H35N3O10. The van der Waals surface area contributed by atoms with Crippen LogP contribution in [0.5, 0.6) is 0 Å². The Kier molecular flexibility index (Phi) is 18.4. The summed E-state index contributed by atoms with van der Waals surface area (Å²) in [5.74, 6) is -2.37. The van der Waals surface area contributed by atoms with Gasteiger partial charge in [-0.05, 0) is 13.3 Å². The van der Waals surface area contributed by atoms with Crippen LogP contribution in [0.1, 0.15) is 26.7 Å². The zero-order valence-electron chi connectivity index (χ0n) is 19.2. The van der Waals surface area contributed by atoms with E-state index in [4.69, 9.17) is 24.1 Å². The minimum absolute atomic E-state index is 0.0147. The fourth-order valence-corrected chi connectivity index (χ4v) is 2.26. The lowest BCUT2D eigenvalue weighted by molar-refractivity contribution is -0.142. The van der Waals surface area contributed by atoms with Gasteiger partial charge in [-0.1, -0.05) is 0 Å². The molecule has 0 aliphatic rings. The van der Waals surface area contributed by atoms with Crippen molar-refractivity contribution in [3.05, 3.63) is 0 Å². The van der Waals surface area contributed by atoms with Gasteiger partial charge in [0.25, 0.3) is 0 Å². The lowest BCUT2D eigenvalue weighted by atomic mass is 10.1. The number of hydrogen-bond donors (Lipinski definition) is 4. The van der Waals surface area contributed by atoms with Crippen LogP contribution >= 0.6 is 0 Å². The fraction of sp³-hybridized carbons (Fsp3) is 0.750.